The van der Waals surface area contributed by atoms with E-state index >= 15 is 0 Å². The van der Waals surface area contributed by atoms with Gasteiger partial charge in [0.1, 0.15) is 18.4 Å². The molecule has 2 amide bonds. The minimum atomic E-state index is -0.780. The monoisotopic (exact) mass is 425 g/mol. The summed E-state index contributed by atoms with van der Waals surface area (Å²) in [5, 5.41) is 2.77. The summed E-state index contributed by atoms with van der Waals surface area (Å²) in [6, 6.07) is 14.5. The minimum Gasteiger partial charge on any atom is -0.497 e. The van der Waals surface area contributed by atoms with Gasteiger partial charge in [-0.1, -0.05) is 12.1 Å². The Morgan fingerprint density at radius 3 is 2.39 bits per heavy atom. The number of anilines is 1. The molecule has 8 heteroatoms. The maximum atomic E-state index is 12.8. The summed E-state index contributed by atoms with van der Waals surface area (Å²) in [6.45, 7) is 4.48. The highest BCUT2D eigenvalue weighted by molar-refractivity contribution is 5.89. The standard InChI is InChI=1S/C23H27N3O5/c1-16(24-22(27)21-15-30-19-5-3-4-6-20(19)31-21)23(28)26-13-11-25(12-14-26)17-7-9-18(29-2)10-8-17/h3-10,16,21H,11-15H2,1-2H3,(H,24,27)/t16-,21?/m0/s1. The maximum absolute atomic E-state index is 12.8. The van der Waals surface area contributed by atoms with Crippen LogP contribution < -0.4 is 24.4 Å². The second kappa shape index (κ2) is 9.16. The number of carbonyl (C=O) groups is 2. The predicted molar refractivity (Wildman–Crippen MR) is 116 cm³/mol. The van der Waals surface area contributed by atoms with Crippen molar-refractivity contribution >= 4 is 17.5 Å². The molecule has 2 aromatic rings. The molecule has 2 heterocycles. The topological polar surface area (TPSA) is 80.3 Å². The van der Waals surface area contributed by atoms with Crippen molar-refractivity contribution in [2.45, 2.75) is 19.1 Å². The number of para-hydroxylation sites is 2. The molecule has 8 nitrogen and oxygen atoms in total. The summed E-state index contributed by atoms with van der Waals surface area (Å²) >= 11 is 0. The van der Waals surface area contributed by atoms with Crippen LogP contribution in [-0.2, 0) is 9.59 Å². The number of ether oxygens (including phenoxy) is 3. The molecule has 1 unspecified atom stereocenters. The van der Waals surface area contributed by atoms with Crippen LogP contribution in [0.1, 0.15) is 6.92 Å². The number of piperazine rings is 1. The molecule has 1 fully saturated rings. The van der Waals surface area contributed by atoms with Gasteiger partial charge in [0.2, 0.25) is 12.0 Å². The van der Waals surface area contributed by atoms with Crippen molar-refractivity contribution in [1.82, 2.24) is 10.2 Å². The first kappa shape index (κ1) is 20.8. The average Bonchev–Trinajstić information content (AvgIpc) is 2.83. The summed E-state index contributed by atoms with van der Waals surface area (Å²) < 4.78 is 16.5. The number of rotatable bonds is 5. The third kappa shape index (κ3) is 4.68. The normalized spacial score (nSPS) is 18.8. The number of carbonyl (C=O) groups excluding carboxylic acids is 2. The third-order valence-electron chi connectivity index (χ3n) is 5.56. The first-order valence-electron chi connectivity index (χ1n) is 10.4. The van der Waals surface area contributed by atoms with Crippen molar-refractivity contribution < 1.29 is 23.8 Å². The lowest BCUT2D eigenvalue weighted by Gasteiger charge is -2.37. The second-order valence-corrected chi connectivity index (χ2v) is 7.60. The van der Waals surface area contributed by atoms with Crippen molar-refractivity contribution in [2.24, 2.45) is 0 Å². The van der Waals surface area contributed by atoms with Gasteiger partial charge in [0.25, 0.3) is 5.91 Å². The fourth-order valence-corrected chi connectivity index (χ4v) is 3.77. The van der Waals surface area contributed by atoms with Crippen LogP contribution in [0.2, 0.25) is 0 Å². The van der Waals surface area contributed by atoms with Crippen molar-refractivity contribution in [3.05, 3.63) is 48.5 Å². The zero-order chi connectivity index (χ0) is 21.8. The van der Waals surface area contributed by atoms with Gasteiger partial charge in [0.05, 0.1) is 7.11 Å². The minimum absolute atomic E-state index is 0.0974. The van der Waals surface area contributed by atoms with E-state index in [0.717, 1.165) is 24.5 Å². The van der Waals surface area contributed by atoms with E-state index < -0.39 is 12.1 Å². The summed E-state index contributed by atoms with van der Waals surface area (Å²) in [5.74, 6) is 1.51. The Morgan fingerprint density at radius 1 is 1.03 bits per heavy atom. The van der Waals surface area contributed by atoms with Crippen LogP contribution in [-0.4, -0.2) is 68.8 Å². The second-order valence-electron chi connectivity index (χ2n) is 7.60. The number of benzene rings is 2. The third-order valence-corrected chi connectivity index (χ3v) is 5.56. The van der Waals surface area contributed by atoms with Crippen LogP contribution >= 0.6 is 0 Å². The number of amides is 2. The Hall–Kier alpha value is -3.42. The van der Waals surface area contributed by atoms with Crippen molar-refractivity contribution in [2.75, 3.05) is 44.8 Å². The molecule has 0 spiro atoms. The zero-order valence-corrected chi connectivity index (χ0v) is 17.7. The molecule has 31 heavy (non-hydrogen) atoms. The van der Waals surface area contributed by atoms with Crippen LogP contribution in [0.3, 0.4) is 0 Å². The lowest BCUT2D eigenvalue weighted by atomic mass is 10.2. The number of fused-ring (bicyclic) bond motifs is 1. The fourth-order valence-electron chi connectivity index (χ4n) is 3.77. The van der Waals surface area contributed by atoms with Crippen LogP contribution in [0.4, 0.5) is 5.69 Å². The van der Waals surface area contributed by atoms with Gasteiger partial charge in [-0.25, -0.2) is 0 Å². The SMILES string of the molecule is COc1ccc(N2CCN(C(=O)[C@H](C)NC(=O)C3COc4ccccc4O3)CC2)cc1. The molecule has 2 aliphatic heterocycles. The molecular formula is C23H27N3O5. The smallest absolute Gasteiger partial charge is 0.265 e. The van der Waals surface area contributed by atoms with Gasteiger partial charge in [-0.2, -0.15) is 0 Å². The first-order valence-corrected chi connectivity index (χ1v) is 10.4. The molecule has 1 N–H and O–H groups in total. The largest absolute Gasteiger partial charge is 0.497 e. The molecule has 164 valence electrons. The van der Waals surface area contributed by atoms with Gasteiger partial charge < -0.3 is 29.3 Å². The number of hydrogen-bond donors (Lipinski definition) is 1. The van der Waals surface area contributed by atoms with Crippen LogP contribution in [0.25, 0.3) is 0 Å². The number of hydrogen-bond acceptors (Lipinski definition) is 6. The number of nitrogens with one attached hydrogen (secondary N) is 1. The summed E-state index contributed by atoms with van der Waals surface area (Å²) in [5.41, 5.74) is 1.10. The van der Waals surface area contributed by atoms with Crippen molar-refractivity contribution in [3.8, 4) is 17.2 Å². The summed E-state index contributed by atoms with van der Waals surface area (Å²) in [6.07, 6.45) is -0.780. The van der Waals surface area contributed by atoms with E-state index in [1.165, 1.54) is 0 Å². The molecule has 0 bridgehead atoms. The van der Waals surface area contributed by atoms with Gasteiger partial charge in [0, 0.05) is 31.9 Å². The van der Waals surface area contributed by atoms with E-state index in [2.05, 4.69) is 10.2 Å². The molecule has 4 rings (SSSR count). The van der Waals surface area contributed by atoms with E-state index in [0.29, 0.717) is 24.6 Å². The highest BCUT2D eigenvalue weighted by Crippen LogP contribution is 2.30. The number of nitrogens with zero attached hydrogens (tertiary/aromatic N) is 2. The van der Waals surface area contributed by atoms with E-state index in [-0.39, 0.29) is 18.4 Å². The van der Waals surface area contributed by atoms with Crippen LogP contribution in [0.5, 0.6) is 17.2 Å². The van der Waals surface area contributed by atoms with Gasteiger partial charge in [-0.15, -0.1) is 0 Å². The Kier molecular flexibility index (Phi) is 6.16. The molecule has 0 saturated carbocycles. The number of methoxy groups -OCH3 is 1. The maximum Gasteiger partial charge on any atom is 0.265 e. The average molecular weight is 425 g/mol. The highest BCUT2D eigenvalue weighted by atomic mass is 16.6. The Bertz CT molecular complexity index is 925. The predicted octanol–water partition coefficient (Wildman–Crippen LogP) is 1.69. The molecule has 1 saturated heterocycles. The summed E-state index contributed by atoms with van der Waals surface area (Å²) in [7, 11) is 1.64. The zero-order valence-electron chi connectivity index (χ0n) is 17.7. The Balaban J connectivity index is 1.27. The molecular weight excluding hydrogens is 398 g/mol. The highest BCUT2D eigenvalue weighted by Gasteiger charge is 2.31. The molecule has 0 aliphatic carbocycles. The van der Waals surface area contributed by atoms with Crippen LogP contribution in [0, 0.1) is 0 Å². The Morgan fingerprint density at radius 2 is 1.71 bits per heavy atom. The Labute approximate surface area is 181 Å². The van der Waals surface area contributed by atoms with Gasteiger partial charge in [-0.05, 0) is 43.3 Å². The van der Waals surface area contributed by atoms with E-state index in [4.69, 9.17) is 14.2 Å². The van der Waals surface area contributed by atoms with Crippen LogP contribution in [0.15, 0.2) is 48.5 Å². The lowest BCUT2D eigenvalue weighted by molar-refractivity contribution is -0.139. The van der Waals surface area contributed by atoms with Gasteiger partial charge in [0.15, 0.2) is 11.5 Å². The van der Waals surface area contributed by atoms with Gasteiger partial charge >= 0.3 is 0 Å². The fraction of sp³-hybridized carbons (Fsp3) is 0.391. The van der Waals surface area contributed by atoms with Crippen molar-refractivity contribution in [1.29, 1.82) is 0 Å². The van der Waals surface area contributed by atoms with Crippen molar-refractivity contribution in [3.63, 3.8) is 0 Å². The molecule has 0 aromatic heterocycles. The molecule has 0 radical (unpaired) electrons. The van der Waals surface area contributed by atoms with E-state index in [9.17, 15) is 9.59 Å². The molecule has 2 aliphatic rings. The lowest BCUT2D eigenvalue weighted by Crippen LogP contribution is -2.56. The van der Waals surface area contributed by atoms with E-state index in [1.807, 2.05) is 36.4 Å². The van der Waals surface area contributed by atoms with Gasteiger partial charge in [-0.3, -0.25) is 9.59 Å². The molecule has 2 aromatic carbocycles. The summed E-state index contributed by atoms with van der Waals surface area (Å²) in [4.78, 5) is 29.5. The quantitative estimate of drug-likeness (QED) is 0.785. The first-order chi connectivity index (χ1) is 15.0. The van der Waals surface area contributed by atoms with E-state index in [1.54, 1.807) is 31.1 Å². The molecule has 2 atom stereocenters.